The van der Waals surface area contributed by atoms with Gasteiger partial charge in [0.1, 0.15) is 0 Å². The highest BCUT2D eigenvalue weighted by atomic mass is 16.1. The minimum atomic E-state index is 0.265. The summed E-state index contributed by atoms with van der Waals surface area (Å²) in [6.07, 6.45) is 18.1. The molecule has 0 aromatic carbocycles. The van der Waals surface area contributed by atoms with Crippen LogP contribution in [0.1, 0.15) is 51.9 Å². The molecule has 0 saturated heterocycles. The Labute approximate surface area is 127 Å². The smallest absolute Gasteiger partial charge is 0.155 e. The lowest BCUT2D eigenvalue weighted by molar-refractivity contribution is -0.115. The summed E-state index contributed by atoms with van der Waals surface area (Å²) in [5.41, 5.74) is 3.01. The van der Waals surface area contributed by atoms with Gasteiger partial charge in [-0.1, -0.05) is 24.5 Å². The predicted molar refractivity (Wildman–Crippen MR) is 84.4 cm³/mol. The van der Waals surface area contributed by atoms with Crippen LogP contribution in [0.4, 0.5) is 0 Å². The standard InChI is InChI=1S/C20H24O/c1-3-14-5-9-19-18-7-4-13-12-15(21)6-8-16(13)17(18)10-11-20(14,19)2/h1,5,12,16-19H,4,6-11H2,2H3. The van der Waals surface area contributed by atoms with Crippen molar-refractivity contribution < 1.29 is 4.79 Å². The molecule has 0 N–H and O–H groups in total. The largest absolute Gasteiger partial charge is 0.295 e. The molecule has 0 aromatic rings. The molecule has 1 heteroatoms. The van der Waals surface area contributed by atoms with Crippen LogP contribution in [0.15, 0.2) is 23.3 Å². The molecule has 0 heterocycles. The van der Waals surface area contributed by atoms with E-state index in [4.69, 9.17) is 6.42 Å². The summed E-state index contributed by atoms with van der Waals surface area (Å²) in [5.74, 6) is 6.40. The van der Waals surface area contributed by atoms with Crippen molar-refractivity contribution in [1.82, 2.24) is 0 Å². The number of hydrogen-bond donors (Lipinski definition) is 0. The Kier molecular flexibility index (Phi) is 2.93. The van der Waals surface area contributed by atoms with Gasteiger partial charge in [0.05, 0.1) is 0 Å². The molecule has 4 aliphatic rings. The average Bonchev–Trinajstić information content (AvgIpc) is 2.83. The number of rotatable bonds is 0. The molecule has 0 amide bonds. The number of terminal acetylenes is 1. The molecule has 0 aliphatic heterocycles. The van der Waals surface area contributed by atoms with Crippen molar-refractivity contribution in [3.05, 3.63) is 23.3 Å². The molecule has 5 unspecified atom stereocenters. The first kappa shape index (κ1) is 13.4. The van der Waals surface area contributed by atoms with Crippen LogP contribution in [0.5, 0.6) is 0 Å². The molecule has 110 valence electrons. The number of carbonyl (C=O) groups excluding carboxylic acids is 1. The third kappa shape index (κ3) is 1.81. The lowest BCUT2D eigenvalue weighted by Crippen LogP contribution is -2.45. The van der Waals surface area contributed by atoms with Crippen LogP contribution in [-0.4, -0.2) is 5.78 Å². The second-order valence-corrected chi connectivity index (χ2v) is 7.76. The fourth-order valence-electron chi connectivity index (χ4n) is 5.97. The molecule has 0 bridgehead atoms. The van der Waals surface area contributed by atoms with Gasteiger partial charge >= 0.3 is 0 Å². The van der Waals surface area contributed by atoms with Gasteiger partial charge in [0.15, 0.2) is 5.78 Å². The summed E-state index contributed by atoms with van der Waals surface area (Å²) in [7, 11) is 0. The topological polar surface area (TPSA) is 17.1 Å². The molecule has 0 spiro atoms. The summed E-state index contributed by atoms with van der Waals surface area (Å²) in [4.78, 5) is 11.7. The normalized spacial score (nSPS) is 44.9. The summed E-state index contributed by atoms with van der Waals surface area (Å²) < 4.78 is 0. The van der Waals surface area contributed by atoms with Gasteiger partial charge in [0.25, 0.3) is 0 Å². The maximum Gasteiger partial charge on any atom is 0.155 e. The van der Waals surface area contributed by atoms with Gasteiger partial charge in [-0.3, -0.25) is 4.79 Å². The molecule has 21 heavy (non-hydrogen) atoms. The van der Waals surface area contributed by atoms with Crippen molar-refractivity contribution in [1.29, 1.82) is 0 Å². The van der Waals surface area contributed by atoms with E-state index in [9.17, 15) is 4.79 Å². The zero-order valence-corrected chi connectivity index (χ0v) is 12.9. The Hall–Kier alpha value is -1.29. The van der Waals surface area contributed by atoms with E-state index in [0.717, 1.165) is 37.0 Å². The monoisotopic (exact) mass is 280 g/mol. The van der Waals surface area contributed by atoms with E-state index in [1.807, 2.05) is 6.08 Å². The quantitative estimate of drug-likeness (QED) is 0.605. The minimum absolute atomic E-state index is 0.265. The summed E-state index contributed by atoms with van der Waals surface area (Å²) >= 11 is 0. The number of allylic oxidation sites excluding steroid dienone is 4. The molecule has 0 aromatic heterocycles. The highest BCUT2D eigenvalue weighted by Gasteiger charge is 2.53. The molecule has 5 atom stereocenters. The van der Waals surface area contributed by atoms with Crippen LogP contribution in [0.3, 0.4) is 0 Å². The highest BCUT2D eigenvalue weighted by Crippen LogP contribution is 2.61. The highest BCUT2D eigenvalue weighted by molar-refractivity contribution is 5.91. The molecule has 2 fully saturated rings. The maximum absolute atomic E-state index is 11.7. The maximum atomic E-state index is 11.7. The van der Waals surface area contributed by atoms with Crippen molar-refractivity contribution in [2.45, 2.75) is 51.9 Å². The van der Waals surface area contributed by atoms with Crippen LogP contribution >= 0.6 is 0 Å². The minimum Gasteiger partial charge on any atom is -0.295 e. The molecular formula is C20H24O. The first-order valence-corrected chi connectivity index (χ1v) is 8.54. The van der Waals surface area contributed by atoms with Crippen molar-refractivity contribution in [2.24, 2.45) is 29.1 Å². The number of ketones is 1. The van der Waals surface area contributed by atoms with Crippen molar-refractivity contribution in [3.63, 3.8) is 0 Å². The zero-order valence-electron chi connectivity index (χ0n) is 12.9. The van der Waals surface area contributed by atoms with Crippen molar-refractivity contribution in [2.75, 3.05) is 0 Å². The fraction of sp³-hybridized carbons (Fsp3) is 0.650. The van der Waals surface area contributed by atoms with Gasteiger partial charge in [-0.2, -0.15) is 0 Å². The molecule has 2 saturated carbocycles. The Morgan fingerprint density at radius 2 is 2.10 bits per heavy atom. The molecule has 0 radical (unpaired) electrons. The summed E-state index contributed by atoms with van der Waals surface area (Å²) in [6, 6.07) is 0. The Morgan fingerprint density at radius 1 is 1.24 bits per heavy atom. The van der Waals surface area contributed by atoms with Gasteiger partial charge in [-0.05, 0) is 68.3 Å². The Bertz CT molecular complexity index is 587. The van der Waals surface area contributed by atoms with Gasteiger partial charge < -0.3 is 0 Å². The van der Waals surface area contributed by atoms with E-state index in [0.29, 0.717) is 11.7 Å². The van der Waals surface area contributed by atoms with E-state index >= 15 is 0 Å². The average molecular weight is 280 g/mol. The van der Waals surface area contributed by atoms with Crippen LogP contribution in [0.25, 0.3) is 0 Å². The fourth-order valence-corrected chi connectivity index (χ4v) is 5.97. The lowest BCUT2D eigenvalue weighted by Gasteiger charge is -2.53. The zero-order chi connectivity index (χ0) is 14.6. The van der Waals surface area contributed by atoms with Crippen LogP contribution in [0.2, 0.25) is 0 Å². The second kappa shape index (κ2) is 4.60. The van der Waals surface area contributed by atoms with E-state index in [-0.39, 0.29) is 5.41 Å². The van der Waals surface area contributed by atoms with E-state index in [1.165, 1.54) is 36.8 Å². The first-order chi connectivity index (χ1) is 10.1. The second-order valence-electron chi connectivity index (χ2n) is 7.76. The van der Waals surface area contributed by atoms with Gasteiger partial charge in [-0.25, -0.2) is 0 Å². The molecule has 4 aliphatic carbocycles. The Morgan fingerprint density at radius 3 is 2.90 bits per heavy atom. The predicted octanol–water partition coefficient (Wildman–Crippen LogP) is 4.30. The summed E-state index contributed by atoms with van der Waals surface area (Å²) in [5, 5.41) is 0. The van der Waals surface area contributed by atoms with E-state index in [2.05, 4.69) is 18.9 Å². The summed E-state index contributed by atoms with van der Waals surface area (Å²) in [6.45, 7) is 2.41. The third-order valence-corrected chi connectivity index (χ3v) is 7.04. The molecule has 1 nitrogen and oxygen atoms in total. The third-order valence-electron chi connectivity index (χ3n) is 7.04. The number of hydrogen-bond acceptors (Lipinski definition) is 1. The van der Waals surface area contributed by atoms with Gasteiger partial charge in [-0.15, -0.1) is 6.42 Å². The number of fused-ring (bicyclic) bond motifs is 5. The Balaban J connectivity index is 1.64. The van der Waals surface area contributed by atoms with E-state index in [1.54, 1.807) is 0 Å². The number of carbonyl (C=O) groups is 1. The van der Waals surface area contributed by atoms with E-state index < -0.39 is 0 Å². The van der Waals surface area contributed by atoms with Crippen LogP contribution in [-0.2, 0) is 4.79 Å². The van der Waals surface area contributed by atoms with Crippen molar-refractivity contribution >= 4 is 5.78 Å². The van der Waals surface area contributed by atoms with Crippen molar-refractivity contribution in [3.8, 4) is 12.3 Å². The van der Waals surface area contributed by atoms with Crippen LogP contribution < -0.4 is 0 Å². The van der Waals surface area contributed by atoms with Crippen LogP contribution in [0, 0.1) is 41.4 Å². The van der Waals surface area contributed by atoms with Gasteiger partial charge in [0.2, 0.25) is 0 Å². The lowest BCUT2D eigenvalue weighted by atomic mass is 9.51. The van der Waals surface area contributed by atoms with Gasteiger partial charge in [0, 0.05) is 17.4 Å². The molecular weight excluding hydrogens is 256 g/mol. The molecule has 4 rings (SSSR count). The first-order valence-electron chi connectivity index (χ1n) is 8.54. The SMILES string of the molecule is C#CC1=CCC2C3CCC4=CC(=O)CCC4C3CCC12C.